The number of amides is 1. The average molecular weight is 385 g/mol. The van der Waals surface area contributed by atoms with Crippen LogP contribution in [0.1, 0.15) is 23.5 Å². The zero-order valence-corrected chi connectivity index (χ0v) is 15.8. The Kier molecular flexibility index (Phi) is 9.13. The molecule has 27 heavy (non-hydrogen) atoms. The van der Waals surface area contributed by atoms with E-state index < -0.39 is 5.97 Å². The lowest BCUT2D eigenvalue weighted by molar-refractivity contribution is -0.145. The molecule has 1 atom stereocenters. The number of ether oxygens (including phenoxy) is 1. The minimum absolute atomic E-state index is 0.0171. The van der Waals surface area contributed by atoms with Crippen molar-refractivity contribution in [3.05, 3.63) is 71.8 Å². The molecule has 0 fully saturated rings. The van der Waals surface area contributed by atoms with E-state index in [1.807, 2.05) is 60.7 Å². The van der Waals surface area contributed by atoms with Crippen LogP contribution in [0.4, 0.5) is 0 Å². The highest BCUT2D eigenvalue weighted by atomic mass is 32.2. The number of benzene rings is 2. The highest BCUT2D eigenvalue weighted by Gasteiger charge is 2.17. The molecule has 0 aliphatic heterocycles. The fourth-order valence-electron chi connectivity index (χ4n) is 2.51. The molecule has 2 rings (SSSR count). The van der Waals surface area contributed by atoms with Gasteiger partial charge in [0.15, 0.2) is 0 Å². The number of hydrogen-bond acceptors (Lipinski definition) is 5. The number of thioether (sulfide) groups is 1. The summed E-state index contributed by atoms with van der Waals surface area (Å²) in [5.41, 5.74) is 1.94. The van der Waals surface area contributed by atoms with E-state index in [-0.39, 0.29) is 31.4 Å². The summed E-state index contributed by atoms with van der Waals surface area (Å²) in [5, 5.41) is 2.62. The largest absolute Gasteiger partial charge is 0.460 e. The molecule has 0 heterocycles. The van der Waals surface area contributed by atoms with E-state index in [4.69, 9.17) is 4.74 Å². The van der Waals surface area contributed by atoms with Gasteiger partial charge < -0.3 is 14.8 Å². The highest BCUT2D eigenvalue weighted by molar-refractivity contribution is 7.99. The molecule has 1 N–H and O–H groups in total. The Morgan fingerprint density at radius 3 is 2.37 bits per heavy atom. The van der Waals surface area contributed by atoms with E-state index in [2.05, 4.69) is 5.32 Å². The average Bonchev–Trinajstić information content (AvgIpc) is 2.71. The molecular formula is C21H23NO4S. The van der Waals surface area contributed by atoms with Crippen LogP contribution in [-0.2, 0) is 25.7 Å². The van der Waals surface area contributed by atoms with Crippen LogP contribution in [0.5, 0.6) is 0 Å². The van der Waals surface area contributed by atoms with Gasteiger partial charge >= 0.3 is 5.97 Å². The van der Waals surface area contributed by atoms with Gasteiger partial charge in [0.1, 0.15) is 19.4 Å². The number of nitrogens with one attached hydrogen (secondary N) is 1. The van der Waals surface area contributed by atoms with Crippen LogP contribution in [0.2, 0.25) is 0 Å². The minimum atomic E-state index is -0.473. The third-order valence-electron chi connectivity index (χ3n) is 3.88. The van der Waals surface area contributed by atoms with Gasteiger partial charge in [-0.2, -0.15) is 11.8 Å². The normalized spacial score (nSPS) is 11.4. The zero-order valence-electron chi connectivity index (χ0n) is 15.0. The minimum Gasteiger partial charge on any atom is -0.460 e. The molecule has 0 aliphatic carbocycles. The van der Waals surface area contributed by atoms with Gasteiger partial charge in [-0.15, -0.1) is 0 Å². The lowest BCUT2D eigenvalue weighted by atomic mass is 9.97. The summed E-state index contributed by atoms with van der Waals surface area (Å²) >= 11 is 1.49. The van der Waals surface area contributed by atoms with Gasteiger partial charge in [0.05, 0.1) is 0 Å². The molecule has 142 valence electrons. The molecule has 0 aromatic heterocycles. The molecule has 1 unspecified atom stereocenters. The molecule has 6 heteroatoms. The quantitative estimate of drug-likeness (QED) is 0.366. The number of hydrogen-bond donors (Lipinski definition) is 1. The maximum atomic E-state index is 12.2. The smallest absolute Gasteiger partial charge is 0.325 e. The summed E-state index contributed by atoms with van der Waals surface area (Å²) in [4.78, 5) is 34.6. The third-order valence-corrected chi connectivity index (χ3v) is 4.89. The Morgan fingerprint density at radius 1 is 1.04 bits per heavy atom. The van der Waals surface area contributed by atoms with Crippen molar-refractivity contribution in [2.45, 2.75) is 18.9 Å². The fraction of sp³-hybridized carbons (Fsp3) is 0.286. The van der Waals surface area contributed by atoms with E-state index in [1.165, 1.54) is 11.8 Å². The van der Waals surface area contributed by atoms with Gasteiger partial charge in [-0.1, -0.05) is 60.7 Å². The summed E-state index contributed by atoms with van der Waals surface area (Å²) in [6.45, 7) is 0.0270. The summed E-state index contributed by atoms with van der Waals surface area (Å²) in [5.74, 6) is 0.355. The molecule has 1 amide bonds. The van der Waals surface area contributed by atoms with Gasteiger partial charge in [0.25, 0.3) is 0 Å². The van der Waals surface area contributed by atoms with Crippen LogP contribution in [0.25, 0.3) is 0 Å². The lowest BCUT2D eigenvalue weighted by Gasteiger charge is -2.16. The standard InChI is InChI=1S/C21H23NO4S/c23-11-12-27-16-19(18-9-5-2-6-10-18)13-20(24)22-14-21(25)26-15-17-7-3-1-4-8-17/h1-11,19H,12-16H2,(H,22,24). The lowest BCUT2D eigenvalue weighted by Crippen LogP contribution is -2.31. The first-order valence-corrected chi connectivity index (χ1v) is 9.87. The molecule has 0 radical (unpaired) electrons. The molecule has 0 aliphatic rings. The predicted octanol–water partition coefficient (Wildman–Crippen LogP) is 2.95. The van der Waals surface area contributed by atoms with Crippen LogP contribution in [0, 0.1) is 0 Å². The third kappa shape index (κ3) is 8.09. The summed E-state index contributed by atoms with van der Waals surface area (Å²) in [6, 6.07) is 19.1. The second kappa shape index (κ2) is 11.9. The molecule has 2 aromatic carbocycles. The van der Waals surface area contributed by atoms with Crippen LogP contribution < -0.4 is 5.32 Å². The molecule has 5 nitrogen and oxygen atoms in total. The van der Waals surface area contributed by atoms with Crippen molar-refractivity contribution < 1.29 is 19.1 Å². The Labute approximate surface area is 163 Å². The van der Waals surface area contributed by atoms with Crippen molar-refractivity contribution >= 4 is 29.9 Å². The van der Waals surface area contributed by atoms with Crippen molar-refractivity contribution in [1.82, 2.24) is 5.32 Å². The monoisotopic (exact) mass is 385 g/mol. The maximum absolute atomic E-state index is 12.2. The summed E-state index contributed by atoms with van der Waals surface area (Å²) < 4.78 is 5.15. The second-order valence-electron chi connectivity index (χ2n) is 5.94. The molecule has 0 saturated heterocycles. The summed E-state index contributed by atoms with van der Waals surface area (Å²) in [7, 11) is 0. The fourth-order valence-corrected chi connectivity index (χ4v) is 3.34. The van der Waals surface area contributed by atoms with Crippen molar-refractivity contribution in [3.63, 3.8) is 0 Å². The first-order chi connectivity index (χ1) is 13.2. The van der Waals surface area contributed by atoms with Crippen LogP contribution in [0.15, 0.2) is 60.7 Å². The highest BCUT2D eigenvalue weighted by Crippen LogP contribution is 2.24. The van der Waals surface area contributed by atoms with Crippen LogP contribution >= 0.6 is 11.8 Å². The first kappa shape index (κ1) is 20.7. The number of carbonyl (C=O) groups is 3. The number of rotatable bonds is 11. The molecule has 0 bridgehead atoms. The van der Waals surface area contributed by atoms with Crippen molar-refractivity contribution in [1.29, 1.82) is 0 Å². The van der Waals surface area contributed by atoms with Crippen molar-refractivity contribution in [2.24, 2.45) is 0 Å². The first-order valence-electron chi connectivity index (χ1n) is 8.71. The number of esters is 1. The van der Waals surface area contributed by atoms with Gasteiger partial charge in [-0.25, -0.2) is 0 Å². The van der Waals surface area contributed by atoms with Crippen molar-refractivity contribution in [3.8, 4) is 0 Å². The van der Waals surface area contributed by atoms with E-state index in [0.717, 1.165) is 17.4 Å². The Balaban J connectivity index is 1.78. The molecule has 0 saturated carbocycles. The van der Waals surface area contributed by atoms with Crippen LogP contribution in [-0.4, -0.2) is 36.2 Å². The van der Waals surface area contributed by atoms with E-state index >= 15 is 0 Å². The number of aldehydes is 1. The van der Waals surface area contributed by atoms with Gasteiger partial charge in [-0.3, -0.25) is 9.59 Å². The Hall–Kier alpha value is -2.60. The van der Waals surface area contributed by atoms with Crippen molar-refractivity contribution in [2.75, 3.05) is 18.1 Å². The van der Waals surface area contributed by atoms with E-state index in [1.54, 1.807) is 0 Å². The summed E-state index contributed by atoms with van der Waals surface area (Å²) in [6.07, 6.45) is 1.11. The second-order valence-corrected chi connectivity index (χ2v) is 7.01. The van der Waals surface area contributed by atoms with Gasteiger partial charge in [0.2, 0.25) is 5.91 Å². The topological polar surface area (TPSA) is 72.5 Å². The zero-order chi connectivity index (χ0) is 19.3. The maximum Gasteiger partial charge on any atom is 0.325 e. The van der Waals surface area contributed by atoms with Crippen LogP contribution in [0.3, 0.4) is 0 Å². The van der Waals surface area contributed by atoms with E-state index in [9.17, 15) is 14.4 Å². The predicted molar refractivity (Wildman–Crippen MR) is 106 cm³/mol. The molecule has 2 aromatic rings. The Bertz CT molecular complexity index is 721. The van der Waals surface area contributed by atoms with E-state index in [0.29, 0.717) is 11.5 Å². The van der Waals surface area contributed by atoms with Gasteiger partial charge in [-0.05, 0) is 11.1 Å². The Morgan fingerprint density at radius 2 is 1.70 bits per heavy atom. The molecule has 0 spiro atoms. The number of carbonyl (C=O) groups excluding carboxylic acids is 3. The molecular weight excluding hydrogens is 362 g/mol. The SMILES string of the molecule is O=CCSCC(CC(=O)NCC(=O)OCc1ccccc1)c1ccccc1. The van der Waals surface area contributed by atoms with Gasteiger partial charge in [0, 0.05) is 23.8 Å².